The predicted molar refractivity (Wildman–Crippen MR) is 103 cm³/mol. The number of H-pyrrole nitrogens is 1. The Kier molecular flexibility index (Phi) is 6.38. The molecule has 1 aliphatic rings. The molecule has 2 aromatic rings. The molecule has 3 rings (SSSR count). The van der Waals surface area contributed by atoms with Gasteiger partial charge in [-0.05, 0) is 17.7 Å². The minimum absolute atomic E-state index is 0. The summed E-state index contributed by atoms with van der Waals surface area (Å²) in [7, 11) is 0. The average Bonchev–Trinajstić information content (AvgIpc) is 2.96. The first-order valence-corrected chi connectivity index (χ1v) is 8.65. The Morgan fingerprint density at radius 2 is 2.00 bits per heavy atom. The van der Waals surface area contributed by atoms with E-state index < -0.39 is 5.41 Å². The fraction of sp³-hybridized carbons (Fsp3) is 0.412. The van der Waals surface area contributed by atoms with Crippen molar-refractivity contribution in [1.82, 2.24) is 20.8 Å². The lowest BCUT2D eigenvalue weighted by molar-refractivity contribution is 0.0939. The first-order valence-electron chi connectivity index (χ1n) is 7.89. The fourth-order valence-electron chi connectivity index (χ4n) is 3.03. The molecule has 5 nitrogen and oxygen atoms in total. The molecule has 1 aliphatic heterocycles. The molecule has 136 valence electrons. The van der Waals surface area contributed by atoms with Gasteiger partial charge < -0.3 is 10.6 Å². The predicted octanol–water partition coefficient (Wildman–Crippen LogP) is 3.49. The number of benzene rings is 1. The molecule has 0 radical (unpaired) electrons. The van der Waals surface area contributed by atoms with Crippen molar-refractivity contribution in [3.8, 4) is 0 Å². The zero-order chi connectivity index (χ0) is 17.3. The number of rotatable bonds is 4. The SMILES string of the molecule is CC(C)(CNC(=O)c1n[nH]c2c1CNCC2)c1c(Cl)cccc1Cl.Cl. The van der Waals surface area contributed by atoms with Crippen LogP contribution in [0.5, 0.6) is 0 Å². The Balaban J connectivity index is 0.00000225. The summed E-state index contributed by atoms with van der Waals surface area (Å²) < 4.78 is 0. The Morgan fingerprint density at radius 3 is 2.68 bits per heavy atom. The van der Waals surface area contributed by atoms with Crippen LogP contribution in [0.25, 0.3) is 0 Å². The van der Waals surface area contributed by atoms with E-state index >= 15 is 0 Å². The van der Waals surface area contributed by atoms with Gasteiger partial charge in [0.05, 0.1) is 0 Å². The number of carbonyl (C=O) groups is 1. The smallest absolute Gasteiger partial charge is 0.272 e. The van der Waals surface area contributed by atoms with Crippen LogP contribution < -0.4 is 10.6 Å². The maximum atomic E-state index is 12.5. The lowest BCUT2D eigenvalue weighted by Gasteiger charge is -2.27. The van der Waals surface area contributed by atoms with Gasteiger partial charge >= 0.3 is 0 Å². The van der Waals surface area contributed by atoms with Crippen molar-refractivity contribution in [2.75, 3.05) is 13.1 Å². The van der Waals surface area contributed by atoms with E-state index in [9.17, 15) is 4.79 Å². The number of aromatic nitrogens is 2. The number of hydrogen-bond acceptors (Lipinski definition) is 3. The molecule has 0 aliphatic carbocycles. The molecule has 2 heterocycles. The van der Waals surface area contributed by atoms with Crippen LogP contribution >= 0.6 is 35.6 Å². The summed E-state index contributed by atoms with van der Waals surface area (Å²) in [5.74, 6) is -0.188. The third kappa shape index (κ3) is 4.11. The number of carbonyl (C=O) groups excluding carboxylic acids is 1. The molecule has 8 heteroatoms. The van der Waals surface area contributed by atoms with Crippen molar-refractivity contribution in [2.45, 2.75) is 32.2 Å². The zero-order valence-corrected chi connectivity index (χ0v) is 16.4. The molecule has 1 aromatic carbocycles. The lowest BCUT2D eigenvalue weighted by atomic mass is 9.84. The highest BCUT2D eigenvalue weighted by atomic mass is 35.5. The molecular formula is C17H21Cl3N4O. The van der Waals surface area contributed by atoms with Crippen molar-refractivity contribution < 1.29 is 4.79 Å². The van der Waals surface area contributed by atoms with Crippen molar-refractivity contribution >= 4 is 41.5 Å². The minimum atomic E-state index is -0.403. The van der Waals surface area contributed by atoms with E-state index in [1.54, 1.807) is 0 Å². The maximum absolute atomic E-state index is 12.5. The molecule has 0 unspecified atom stereocenters. The molecule has 0 saturated carbocycles. The van der Waals surface area contributed by atoms with Crippen LogP contribution in [0.1, 0.15) is 41.2 Å². The molecule has 1 aromatic heterocycles. The number of nitrogens with one attached hydrogen (secondary N) is 3. The number of nitrogens with zero attached hydrogens (tertiary/aromatic N) is 1. The second-order valence-electron chi connectivity index (χ2n) is 6.62. The van der Waals surface area contributed by atoms with Crippen LogP contribution in [-0.2, 0) is 18.4 Å². The lowest BCUT2D eigenvalue weighted by Crippen LogP contribution is -2.38. The van der Waals surface area contributed by atoms with E-state index in [-0.39, 0.29) is 18.3 Å². The van der Waals surface area contributed by atoms with Crippen molar-refractivity contribution in [3.63, 3.8) is 0 Å². The molecule has 0 fully saturated rings. The molecular weight excluding hydrogens is 383 g/mol. The molecule has 1 amide bonds. The average molecular weight is 404 g/mol. The quantitative estimate of drug-likeness (QED) is 0.732. The first kappa shape index (κ1) is 20.0. The summed E-state index contributed by atoms with van der Waals surface area (Å²) >= 11 is 12.6. The topological polar surface area (TPSA) is 69.8 Å². The number of halogens is 3. The summed E-state index contributed by atoms with van der Waals surface area (Å²) in [6.07, 6.45) is 0.857. The highest BCUT2D eigenvalue weighted by Gasteiger charge is 2.28. The summed E-state index contributed by atoms with van der Waals surface area (Å²) in [5.41, 5.74) is 2.87. The molecule has 25 heavy (non-hydrogen) atoms. The number of amides is 1. The van der Waals surface area contributed by atoms with Crippen LogP contribution in [0, 0.1) is 0 Å². The Morgan fingerprint density at radius 1 is 1.32 bits per heavy atom. The van der Waals surface area contributed by atoms with Crippen molar-refractivity contribution in [2.24, 2.45) is 0 Å². The first-order chi connectivity index (χ1) is 11.4. The van der Waals surface area contributed by atoms with Gasteiger partial charge in [0, 0.05) is 52.8 Å². The number of hydrogen-bond donors (Lipinski definition) is 3. The highest BCUT2D eigenvalue weighted by Crippen LogP contribution is 2.35. The molecule has 0 spiro atoms. The molecule has 0 atom stereocenters. The van der Waals surface area contributed by atoms with E-state index in [1.807, 2.05) is 32.0 Å². The van der Waals surface area contributed by atoms with Gasteiger partial charge in [0.1, 0.15) is 0 Å². The van der Waals surface area contributed by atoms with Gasteiger partial charge in [0.15, 0.2) is 5.69 Å². The van der Waals surface area contributed by atoms with E-state index in [0.717, 1.165) is 29.8 Å². The van der Waals surface area contributed by atoms with E-state index in [0.29, 0.717) is 28.8 Å². The molecule has 3 N–H and O–H groups in total. The Bertz CT molecular complexity index is 753. The van der Waals surface area contributed by atoms with Gasteiger partial charge in [0.25, 0.3) is 5.91 Å². The monoisotopic (exact) mass is 402 g/mol. The highest BCUT2D eigenvalue weighted by molar-refractivity contribution is 6.36. The fourth-order valence-corrected chi connectivity index (χ4v) is 3.94. The van der Waals surface area contributed by atoms with E-state index in [4.69, 9.17) is 23.2 Å². The second kappa shape index (κ2) is 7.96. The summed E-state index contributed by atoms with van der Waals surface area (Å²) in [6, 6.07) is 5.43. The molecule has 0 saturated heterocycles. The summed E-state index contributed by atoms with van der Waals surface area (Å²) in [4.78, 5) is 12.5. The third-order valence-electron chi connectivity index (χ3n) is 4.35. The van der Waals surface area contributed by atoms with E-state index in [1.165, 1.54) is 0 Å². The van der Waals surface area contributed by atoms with E-state index in [2.05, 4.69) is 20.8 Å². The Hall–Kier alpha value is -1.27. The third-order valence-corrected chi connectivity index (χ3v) is 4.98. The zero-order valence-electron chi connectivity index (χ0n) is 14.1. The van der Waals surface area contributed by atoms with Crippen molar-refractivity contribution in [1.29, 1.82) is 0 Å². The maximum Gasteiger partial charge on any atom is 0.272 e. The summed E-state index contributed by atoms with van der Waals surface area (Å²) in [6.45, 7) is 5.97. The van der Waals surface area contributed by atoms with Gasteiger partial charge in [-0.3, -0.25) is 9.89 Å². The van der Waals surface area contributed by atoms with Crippen molar-refractivity contribution in [3.05, 3.63) is 50.8 Å². The normalized spacial score (nSPS) is 13.8. The minimum Gasteiger partial charge on any atom is -0.350 e. The van der Waals surface area contributed by atoms with Gasteiger partial charge in [-0.25, -0.2) is 0 Å². The number of fused-ring (bicyclic) bond motifs is 1. The number of aromatic amines is 1. The standard InChI is InChI=1S/C17H20Cl2N4O.ClH/c1-17(2,14-11(18)4-3-5-12(14)19)9-21-16(24)15-10-8-20-7-6-13(10)22-23-15;/h3-5,20H,6-9H2,1-2H3,(H,21,24)(H,22,23);1H. The van der Waals surface area contributed by atoms with Crippen LogP contribution in [-0.4, -0.2) is 29.2 Å². The summed E-state index contributed by atoms with van der Waals surface area (Å²) in [5, 5.41) is 14.6. The van der Waals surface area contributed by atoms with Gasteiger partial charge in [-0.2, -0.15) is 5.10 Å². The Labute approximate surface area is 163 Å². The second-order valence-corrected chi connectivity index (χ2v) is 7.43. The van der Waals surface area contributed by atoms with Gasteiger partial charge in [-0.15, -0.1) is 12.4 Å². The van der Waals surface area contributed by atoms with Crippen LogP contribution in [0.4, 0.5) is 0 Å². The van der Waals surface area contributed by atoms with Crippen LogP contribution in [0.15, 0.2) is 18.2 Å². The molecule has 0 bridgehead atoms. The van der Waals surface area contributed by atoms with Crippen LogP contribution in [0.3, 0.4) is 0 Å². The van der Waals surface area contributed by atoms with Gasteiger partial charge in [0.2, 0.25) is 0 Å². The van der Waals surface area contributed by atoms with Crippen LogP contribution in [0.2, 0.25) is 10.0 Å². The van der Waals surface area contributed by atoms with Gasteiger partial charge in [-0.1, -0.05) is 43.1 Å². The largest absolute Gasteiger partial charge is 0.350 e.